The van der Waals surface area contributed by atoms with Crippen LogP contribution >= 0.6 is 0 Å². The predicted molar refractivity (Wildman–Crippen MR) is 142 cm³/mol. The van der Waals surface area contributed by atoms with Gasteiger partial charge in [-0.2, -0.15) is 0 Å². The molecule has 0 atom stereocenters. The summed E-state index contributed by atoms with van der Waals surface area (Å²) >= 11 is 0. The summed E-state index contributed by atoms with van der Waals surface area (Å²) in [5.74, 6) is 0. The van der Waals surface area contributed by atoms with E-state index in [2.05, 4.69) is 84.0 Å². The molecule has 0 unspecified atom stereocenters. The number of pyridine rings is 1. The Hall–Kier alpha value is -3.85. The van der Waals surface area contributed by atoms with Crippen molar-refractivity contribution in [3.05, 3.63) is 98.5 Å². The van der Waals surface area contributed by atoms with E-state index in [1.54, 1.807) is 0 Å². The number of hydrogen-bond acceptors (Lipinski definition) is 2. The summed E-state index contributed by atoms with van der Waals surface area (Å²) in [4.78, 5) is 13.4. The Morgan fingerprint density at radius 1 is 0.647 bits per heavy atom. The Morgan fingerprint density at radius 2 is 1.29 bits per heavy atom. The van der Waals surface area contributed by atoms with Gasteiger partial charge in [-0.05, 0) is 110 Å². The van der Waals surface area contributed by atoms with Gasteiger partial charge in [0.2, 0.25) is 0 Å². The van der Waals surface area contributed by atoms with Crippen molar-refractivity contribution in [1.82, 2.24) is 4.40 Å². The molecule has 6 aromatic rings. The van der Waals surface area contributed by atoms with Crippen LogP contribution in [0.1, 0.15) is 33.4 Å². The Kier molecular flexibility index (Phi) is 4.31. The second kappa shape index (κ2) is 7.07. The normalized spacial score (nSPS) is 11.9. The molecule has 0 aliphatic heterocycles. The lowest BCUT2D eigenvalue weighted by atomic mass is 9.94. The SMILES string of the molecule is Cc1ccc(-c2c3c4cc(C)c(C)cc4oc(=O)c3n3ccc4cc(C)c(C)cc4c23)cc1C. The van der Waals surface area contributed by atoms with Crippen molar-refractivity contribution in [2.75, 3.05) is 0 Å². The average molecular weight is 446 g/mol. The molecule has 0 saturated carbocycles. The van der Waals surface area contributed by atoms with Crippen molar-refractivity contribution < 1.29 is 4.42 Å². The highest BCUT2D eigenvalue weighted by molar-refractivity contribution is 6.21. The van der Waals surface area contributed by atoms with Crippen LogP contribution in [0.4, 0.5) is 0 Å². The van der Waals surface area contributed by atoms with E-state index in [0.717, 1.165) is 38.4 Å². The molecule has 168 valence electrons. The van der Waals surface area contributed by atoms with Crippen molar-refractivity contribution >= 4 is 38.2 Å². The quantitative estimate of drug-likeness (QED) is 0.241. The van der Waals surface area contributed by atoms with E-state index in [1.165, 1.54) is 33.2 Å². The van der Waals surface area contributed by atoms with E-state index in [4.69, 9.17) is 4.42 Å². The zero-order chi connectivity index (χ0) is 23.9. The maximum Gasteiger partial charge on any atom is 0.361 e. The first kappa shape index (κ1) is 20.7. The maximum absolute atomic E-state index is 13.4. The number of aromatic nitrogens is 1. The summed E-state index contributed by atoms with van der Waals surface area (Å²) < 4.78 is 7.93. The Morgan fingerprint density at radius 3 is 2.03 bits per heavy atom. The maximum atomic E-state index is 13.4. The summed E-state index contributed by atoms with van der Waals surface area (Å²) in [6.07, 6.45) is 2.02. The molecule has 3 aromatic carbocycles. The first-order valence-electron chi connectivity index (χ1n) is 11.7. The van der Waals surface area contributed by atoms with E-state index >= 15 is 0 Å². The molecule has 0 saturated heterocycles. The van der Waals surface area contributed by atoms with Crippen LogP contribution in [0.25, 0.3) is 49.3 Å². The summed E-state index contributed by atoms with van der Waals surface area (Å²) in [5.41, 5.74) is 11.5. The first-order chi connectivity index (χ1) is 16.2. The fourth-order valence-electron chi connectivity index (χ4n) is 5.20. The van der Waals surface area contributed by atoms with Gasteiger partial charge in [0.25, 0.3) is 0 Å². The van der Waals surface area contributed by atoms with Gasteiger partial charge in [0, 0.05) is 27.9 Å². The van der Waals surface area contributed by atoms with Crippen LogP contribution < -0.4 is 5.63 Å². The molecule has 0 bridgehead atoms. The number of benzene rings is 3. The van der Waals surface area contributed by atoms with Gasteiger partial charge >= 0.3 is 5.63 Å². The van der Waals surface area contributed by atoms with Gasteiger partial charge in [0.1, 0.15) is 11.1 Å². The summed E-state index contributed by atoms with van der Waals surface area (Å²) in [7, 11) is 0. The third-order valence-corrected chi connectivity index (χ3v) is 7.59. The lowest BCUT2D eigenvalue weighted by Gasteiger charge is -2.10. The number of nitrogens with zero attached hydrogens (tertiary/aromatic N) is 1. The van der Waals surface area contributed by atoms with Crippen molar-refractivity contribution in [1.29, 1.82) is 0 Å². The second-order valence-electron chi connectivity index (χ2n) is 9.78. The van der Waals surface area contributed by atoms with Gasteiger partial charge in [-0.1, -0.05) is 24.3 Å². The molecule has 0 fully saturated rings. The van der Waals surface area contributed by atoms with Crippen molar-refractivity contribution in [3.8, 4) is 11.1 Å². The standard InChI is InChI=1S/C31H27NO2/c1-16-7-8-23(12-17(16)2)27-28-25-14-20(5)21(6)15-26(25)34-31(33)30(28)32-10-9-22-11-18(3)19(4)13-24(22)29(27)32/h7-15H,1-6H3. The predicted octanol–water partition coefficient (Wildman–Crippen LogP) is 7.87. The smallest absolute Gasteiger partial charge is 0.361 e. The van der Waals surface area contributed by atoms with Crippen LogP contribution in [-0.4, -0.2) is 4.40 Å². The van der Waals surface area contributed by atoms with Crippen molar-refractivity contribution in [2.24, 2.45) is 0 Å². The summed E-state index contributed by atoms with van der Waals surface area (Å²) in [6.45, 7) is 12.7. The fourth-order valence-corrected chi connectivity index (χ4v) is 5.20. The Bertz CT molecular complexity index is 1880. The summed E-state index contributed by atoms with van der Waals surface area (Å²) in [5, 5.41) is 4.26. The van der Waals surface area contributed by atoms with E-state index in [9.17, 15) is 4.79 Å². The van der Waals surface area contributed by atoms with Gasteiger partial charge in [0.05, 0.1) is 5.52 Å². The Labute approximate surface area is 198 Å². The number of hydrogen-bond donors (Lipinski definition) is 0. The molecule has 3 nitrogen and oxygen atoms in total. The van der Waals surface area contributed by atoms with Crippen LogP contribution in [0.5, 0.6) is 0 Å². The minimum absolute atomic E-state index is 0.306. The van der Waals surface area contributed by atoms with Crippen LogP contribution in [0.2, 0.25) is 0 Å². The Balaban J connectivity index is 1.97. The topological polar surface area (TPSA) is 34.6 Å². The highest BCUT2D eigenvalue weighted by Gasteiger charge is 2.23. The van der Waals surface area contributed by atoms with E-state index in [1.807, 2.05) is 16.7 Å². The van der Waals surface area contributed by atoms with Crippen molar-refractivity contribution in [2.45, 2.75) is 41.5 Å². The van der Waals surface area contributed by atoms with Crippen LogP contribution in [-0.2, 0) is 0 Å². The molecule has 0 amide bonds. The van der Waals surface area contributed by atoms with E-state index < -0.39 is 0 Å². The highest BCUT2D eigenvalue weighted by Crippen LogP contribution is 2.42. The zero-order valence-corrected chi connectivity index (χ0v) is 20.5. The van der Waals surface area contributed by atoms with Crippen LogP contribution in [0.3, 0.4) is 0 Å². The minimum Gasteiger partial charge on any atom is -0.421 e. The first-order valence-corrected chi connectivity index (χ1v) is 11.7. The molecular weight excluding hydrogens is 418 g/mol. The van der Waals surface area contributed by atoms with Gasteiger partial charge in [-0.15, -0.1) is 0 Å². The van der Waals surface area contributed by atoms with Crippen LogP contribution in [0, 0.1) is 41.5 Å². The molecule has 0 aliphatic carbocycles. The number of rotatable bonds is 1. The largest absolute Gasteiger partial charge is 0.421 e. The molecule has 0 aliphatic rings. The molecule has 34 heavy (non-hydrogen) atoms. The molecular formula is C31H27NO2. The van der Waals surface area contributed by atoms with Gasteiger partial charge in [-0.25, -0.2) is 4.79 Å². The third kappa shape index (κ3) is 2.80. The van der Waals surface area contributed by atoms with Gasteiger partial charge < -0.3 is 8.82 Å². The molecule has 0 spiro atoms. The van der Waals surface area contributed by atoms with Crippen molar-refractivity contribution in [3.63, 3.8) is 0 Å². The monoisotopic (exact) mass is 445 g/mol. The average Bonchev–Trinajstić information content (AvgIpc) is 3.14. The van der Waals surface area contributed by atoms with E-state index in [0.29, 0.717) is 11.1 Å². The molecule has 3 aromatic heterocycles. The summed E-state index contributed by atoms with van der Waals surface area (Å²) in [6, 6.07) is 17.3. The van der Waals surface area contributed by atoms with E-state index in [-0.39, 0.29) is 5.63 Å². The second-order valence-corrected chi connectivity index (χ2v) is 9.78. The zero-order valence-electron chi connectivity index (χ0n) is 20.5. The number of aryl methyl sites for hydroxylation is 6. The highest BCUT2D eigenvalue weighted by atomic mass is 16.4. The molecule has 6 rings (SSSR count). The molecule has 3 heteroatoms. The van der Waals surface area contributed by atoms with Gasteiger partial charge in [0.15, 0.2) is 0 Å². The minimum atomic E-state index is -0.306. The van der Waals surface area contributed by atoms with Crippen LogP contribution in [0.15, 0.2) is 63.9 Å². The molecule has 3 heterocycles. The lowest BCUT2D eigenvalue weighted by molar-refractivity contribution is 0.567. The lowest BCUT2D eigenvalue weighted by Crippen LogP contribution is -2.03. The van der Waals surface area contributed by atoms with Gasteiger partial charge in [-0.3, -0.25) is 0 Å². The third-order valence-electron chi connectivity index (χ3n) is 7.59. The molecule has 0 radical (unpaired) electrons. The molecule has 0 N–H and O–H groups in total. The fraction of sp³-hybridized carbons (Fsp3) is 0.194. The number of fused-ring (bicyclic) bond motifs is 7.